The third-order valence-electron chi connectivity index (χ3n) is 5.73. The number of nitrogens with zero attached hydrogens (tertiary/aromatic N) is 6. The van der Waals surface area contributed by atoms with E-state index in [1.807, 2.05) is 30.6 Å². The van der Waals surface area contributed by atoms with E-state index >= 15 is 0 Å². The Morgan fingerprint density at radius 2 is 1.94 bits per heavy atom. The van der Waals surface area contributed by atoms with Gasteiger partial charge in [0.15, 0.2) is 5.82 Å². The first-order valence-electron chi connectivity index (χ1n) is 10.6. The predicted molar refractivity (Wildman–Crippen MR) is 128 cm³/mol. The van der Waals surface area contributed by atoms with Crippen LogP contribution in [0.1, 0.15) is 11.1 Å². The van der Waals surface area contributed by atoms with E-state index in [9.17, 15) is 0 Å². The Labute approximate surface area is 191 Å². The Kier molecular flexibility index (Phi) is 5.54. The number of ether oxygens (including phenoxy) is 1. The highest BCUT2D eigenvalue weighted by molar-refractivity contribution is 5.96. The lowest BCUT2D eigenvalue weighted by molar-refractivity contribution is 0.289. The van der Waals surface area contributed by atoms with Gasteiger partial charge in [-0.1, -0.05) is 18.2 Å². The van der Waals surface area contributed by atoms with E-state index in [-0.39, 0.29) is 5.95 Å². The fraction of sp³-hybridized carbons (Fsp3) is 0.208. The summed E-state index contributed by atoms with van der Waals surface area (Å²) in [6.07, 6.45) is 6.14. The van der Waals surface area contributed by atoms with E-state index in [1.165, 1.54) is 17.5 Å². The summed E-state index contributed by atoms with van der Waals surface area (Å²) in [5, 5.41) is 0.741. The molecule has 9 nitrogen and oxygen atoms in total. The molecular weight excluding hydrogens is 416 g/mol. The maximum atomic E-state index is 6.35. The molecule has 166 valence electrons. The van der Waals surface area contributed by atoms with Crippen molar-refractivity contribution >= 4 is 28.5 Å². The Morgan fingerprint density at radius 3 is 2.76 bits per heavy atom. The molecule has 4 N–H and O–H groups in total. The lowest BCUT2D eigenvalue weighted by Gasteiger charge is -2.28. The van der Waals surface area contributed by atoms with Gasteiger partial charge in [-0.05, 0) is 41.3 Å². The molecule has 0 saturated heterocycles. The summed E-state index contributed by atoms with van der Waals surface area (Å²) in [6, 6.07) is 12.1. The van der Waals surface area contributed by atoms with Crippen molar-refractivity contribution in [2.75, 3.05) is 25.9 Å². The molecule has 0 amide bonds. The number of amidine groups is 1. The van der Waals surface area contributed by atoms with Gasteiger partial charge in [-0.2, -0.15) is 4.98 Å². The van der Waals surface area contributed by atoms with Gasteiger partial charge in [-0.25, -0.2) is 19.9 Å². The fourth-order valence-corrected chi connectivity index (χ4v) is 4.16. The van der Waals surface area contributed by atoms with Gasteiger partial charge in [0, 0.05) is 36.4 Å². The lowest BCUT2D eigenvalue weighted by atomic mass is 9.95. The number of para-hydroxylation sites is 1. The maximum Gasteiger partial charge on any atom is 0.222 e. The molecule has 0 saturated carbocycles. The standard InChI is InChI=1S/C24H24N8O/c1-33-20-4-2-3-19-22(20)30-24(26)31-23(19)29-21(25)13-32-8-7-15-5-6-16(9-17(15)12-32)18-10-27-14-28-11-18/h2-6,9-11,14H,7-8,12-13H2,1H3,(H4,25,26,29,30,31). The number of anilines is 1. The Hall–Kier alpha value is -4.11. The second-order valence-corrected chi connectivity index (χ2v) is 7.94. The number of aliphatic imine (C=N–C) groups is 1. The first kappa shape index (κ1) is 20.8. The Balaban J connectivity index is 1.38. The molecule has 33 heavy (non-hydrogen) atoms. The van der Waals surface area contributed by atoms with Crippen LogP contribution >= 0.6 is 0 Å². The SMILES string of the molecule is COc1cccc2c(N=C(N)CN3CCc4ccc(-c5cncnc5)cc4C3)nc(N)nc12. The molecule has 0 aliphatic carbocycles. The highest BCUT2D eigenvalue weighted by Gasteiger charge is 2.18. The van der Waals surface area contributed by atoms with Crippen molar-refractivity contribution in [3.8, 4) is 16.9 Å². The van der Waals surface area contributed by atoms with E-state index in [1.54, 1.807) is 7.11 Å². The Morgan fingerprint density at radius 1 is 1.09 bits per heavy atom. The first-order valence-corrected chi connectivity index (χ1v) is 10.6. The van der Waals surface area contributed by atoms with Crippen LogP contribution in [0.3, 0.4) is 0 Å². The van der Waals surface area contributed by atoms with Crippen LogP contribution in [-0.2, 0) is 13.0 Å². The van der Waals surface area contributed by atoms with Crippen molar-refractivity contribution in [3.63, 3.8) is 0 Å². The number of methoxy groups -OCH3 is 1. The molecule has 0 unspecified atom stereocenters. The second-order valence-electron chi connectivity index (χ2n) is 7.94. The maximum absolute atomic E-state index is 6.35. The molecule has 0 fully saturated rings. The summed E-state index contributed by atoms with van der Waals surface area (Å²) < 4.78 is 5.40. The molecule has 1 aliphatic rings. The number of benzene rings is 2. The number of hydrogen-bond donors (Lipinski definition) is 2. The summed E-state index contributed by atoms with van der Waals surface area (Å²) in [5.74, 6) is 1.65. The van der Waals surface area contributed by atoms with Gasteiger partial charge in [-0.15, -0.1) is 0 Å². The van der Waals surface area contributed by atoms with Crippen LogP contribution in [0.5, 0.6) is 5.75 Å². The van der Waals surface area contributed by atoms with Gasteiger partial charge < -0.3 is 16.2 Å². The monoisotopic (exact) mass is 440 g/mol. The fourth-order valence-electron chi connectivity index (χ4n) is 4.16. The van der Waals surface area contributed by atoms with Gasteiger partial charge >= 0.3 is 0 Å². The van der Waals surface area contributed by atoms with Crippen LogP contribution in [0, 0.1) is 0 Å². The number of nitrogens with two attached hydrogens (primary N) is 2. The molecule has 0 radical (unpaired) electrons. The van der Waals surface area contributed by atoms with E-state index in [4.69, 9.17) is 16.2 Å². The van der Waals surface area contributed by atoms with E-state index in [0.29, 0.717) is 29.5 Å². The Bertz CT molecular complexity index is 1340. The van der Waals surface area contributed by atoms with Gasteiger partial charge in [0.05, 0.1) is 13.7 Å². The van der Waals surface area contributed by atoms with Crippen molar-refractivity contribution in [2.24, 2.45) is 10.7 Å². The quantitative estimate of drug-likeness (QED) is 0.358. The molecule has 1 aliphatic heterocycles. The van der Waals surface area contributed by atoms with E-state index in [0.717, 1.165) is 36.0 Å². The third kappa shape index (κ3) is 4.31. The first-order chi connectivity index (χ1) is 16.1. The second kappa shape index (κ2) is 8.79. The summed E-state index contributed by atoms with van der Waals surface area (Å²) in [4.78, 5) is 23.7. The molecule has 0 atom stereocenters. The molecule has 0 spiro atoms. The molecule has 2 aromatic heterocycles. The number of nitrogen functional groups attached to an aromatic ring is 1. The lowest BCUT2D eigenvalue weighted by Crippen LogP contribution is -2.37. The van der Waals surface area contributed by atoms with Crippen LogP contribution in [0.2, 0.25) is 0 Å². The third-order valence-corrected chi connectivity index (χ3v) is 5.73. The summed E-state index contributed by atoms with van der Waals surface area (Å²) in [6.45, 7) is 2.21. The van der Waals surface area contributed by atoms with E-state index in [2.05, 4.69) is 48.0 Å². The van der Waals surface area contributed by atoms with Gasteiger partial charge in [0.2, 0.25) is 5.95 Å². The van der Waals surface area contributed by atoms with Crippen molar-refractivity contribution in [1.29, 1.82) is 0 Å². The largest absolute Gasteiger partial charge is 0.494 e. The van der Waals surface area contributed by atoms with Crippen molar-refractivity contribution in [3.05, 3.63) is 66.2 Å². The van der Waals surface area contributed by atoms with Crippen LogP contribution in [0.4, 0.5) is 11.8 Å². The average Bonchev–Trinajstić information content (AvgIpc) is 2.83. The predicted octanol–water partition coefficient (Wildman–Crippen LogP) is 2.72. The van der Waals surface area contributed by atoms with Crippen LogP contribution in [0.15, 0.2) is 60.1 Å². The molecule has 9 heteroatoms. The molecule has 5 rings (SSSR count). The minimum atomic E-state index is 0.128. The summed E-state index contributed by atoms with van der Waals surface area (Å²) >= 11 is 0. The zero-order valence-electron chi connectivity index (χ0n) is 18.3. The van der Waals surface area contributed by atoms with Crippen molar-refractivity contribution in [1.82, 2.24) is 24.8 Å². The van der Waals surface area contributed by atoms with E-state index < -0.39 is 0 Å². The zero-order valence-corrected chi connectivity index (χ0v) is 18.3. The number of fused-ring (bicyclic) bond motifs is 2. The highest BCUT2D eigenvalue weighted by atomic mass is 16.5. The van der Waals surface area contributed by atoms with Crippen molar-refractivity contribution in [2.45, 2.75) is 13.0 Å². The molecule has 0 bridgehead atoms. The smallest absolute Gasteiger partial charge is 0.222 e. The molecular formula is C24H24N8O. The number of rotatable bonds is 5. The number of hydrogen-bond acceptors (Lipinski definition) is 8. The average molecular weight is 441 g/mol. The highest BCUT2D eigenvalue weighted by Crippen LogP contribution is 2.30. The zero-order chi connectivity index (χ0) is 22.8. The normalized spacial score (nSPS) is 14.3. The summed E-state index contributed by atoms with van der Waals surface area (Å²) in [5.41, 5.74) is 17.6. The van der Waals surface area contributed by atoms with Crippen LogP contribution < -0.4 is 16.2 Å². The topological polar surface area (TPSA) is 128 Å². The van der Waals surface area contributed by atoms with Gasteiger partial charge in [0.25, 0.3) is 0 Å². The van der Waals surface area contributed by atoms with Crippen molar-refractivity contribution < 1.29 is 4.74 Å². The van der Waals surface area contributed by atoms with Crippen LogP contribution in [0.25, 0.3) is 22.0 Å². The summed E-state index contributed by atoms with van der Waals surface area (Å²) in [7, 11) is 1.59. The molecule has 2 aromatic carbocycles. The molecule has 3 heterocycles. The molecule has 4 aromatic rings. The minimum Gasteiger partial charge on any atom is -0.494 e. The van der Waals surface area contributed by atoms with Gasteiger partial charge in [0.1, 0.15) is 23.4 Å². The van der Waals surface area contributed by atoms with Gasteiger partial charge in [-0.3, -0.25) is 4.90 Å². The van der Waals surface area contributed by atoms with Crippen LogP contribution in [-0.4, -0.2) is 50.9 Å². The number of aromatic nitrogens is 4. The minimum absolute atomic E-state index is 0.128.